The van der Waals surface area contributed by atoms with Crippen molar-refractivity contribution in [2.45, 2.75) is 51.7 Å². The van der Waals surface area contributed by atoms with Crippen molar-refractivity contribution in [1.29, 1.82) is 0 Å². The van der Waals surface area contributed by atoms with E-state index in [0.29, 0.717) is 5.39 Å². The molecule has 7 nitrogen and oxygen atoms in total. The monoisotopic (exact) mass is 443 g/mol. The van der Waals surface area contributed by atoms with E-state index in [9.17, 15) is 18.8 Å². The third kappa shape index (κ3) is 4.51. The number of halogens is 1. The number of ether oxygens (including phenoxy) is 1. The van der Waals surface area contributed by atoms with Gasteiger partial charge in [-0.15, -0.1) is 11.3 Å². The first-order valence-corrected chi connectivity index (χ1v) is 11.0. The predicted octanol–water partition coefficient (Wildman–Crippen LogP) is 3.44. The summed E-state index contributed by atoms with van der Waals surface area (Å²) in [5, 5.41) is 3.05. The molecule has 162 valence electrons. The third-order valence-corrected chi connectivity index (χ3v) is 6.51. The van der Waals surface area contributed by atoms with Crippen LogP contribution in [0.3, 0.4) is 0 Å². The number of hydrogen-bond donors (Lipinski definition) is 1. The topological polar surface area (TPSA) is 90.3 Å². The molecule has 31 heavy (non-hydrogen) atoms. The summed E-state index contributed by atoms with van der Waals surface area (Å²) < 4.78 is 20.2. The average molecular weight is 444 g/mol. The highest BCUT2D eigenvalue weighted by atomic mass is 32.1. The molecule has 0 fully saturated rings. The van der Waals surface area contributed by atoms with Crippen LogP contribution in [0, 0.1) is 5.82 Å². The molecule has 1 atom stereocenters. The van der Waals surface area contributed by atoms with Gasteiger partial charge in [0.1, 0.15) is 10.6 Å². The van der Waals surface area contributed by atoms with Gasteiger partial charge in [-0.05, 0) is 50.3 Å². The number of thiophene rings is 1. The molecule has 1 aromatic carbocycles. The first-order chi connectivity index (χ1) is 14.9. The molecule has 3 aromatic rings. The van der Waals surface area contributed by atoms with Crippen LogP contribution in [-0.4, -0.2) is 27.5 Å². The number of fused-ring (bicyclic) bond motifs is 3. The van der Waals surface area contributed by atoms with Crippen LogP contribution < -0.4 is 10.9 Å². The molecule has 2 aromatic heterocycles. The van der Waals surface area contributed by atoms with Crippen LogP contribution in [0.15, 0.2) is 35.4 Å². The van der Waals surface area contributed by atoms with E-state index in [-0.39, 0.29) is 24.2 Å². The lowest BCUT2D eigenvalue weighted by Crippen LogP contribution is -2.31. The minimum absolute atomic E-state index is 0.0143. The van der Waals surface area contributed by atoms with Gasteiger partial charge in [0.2, 0.25) is 0 Å². The lowest BCUT2D eigenvalue weighted by atomic mass is 9.97. The smallest absolute Gasteiger partial charge is 0.308 e. The summed E-state index contributed by atoms with van der Waals surface area (Å²) in [6, 6.07) is 5.73. The van der Waals surface area contributed by atoms with Crippen LogP contribution in [0.25, 0.3) is 10.2 Å². The van der Waals surface area contributed by atoms with Crippen molar-refractivity contribution in [3.05, 3.63) is 57.2 Å². The van der Waals surface area contributed by atoms with Crippen molar-refractivity contribution < 1.29 is 18.7 Å². The number of esters is 1. The van der Waals surface area contributed by atoms with Crippen molar-refractivity contribution in [3.8, 4) is 0 Å². The molecule has 0 saturated heterocycles. The van der Waals surface area contributed by atoms with Gasteiger partial charge in [0.05, 0.1) is 23.8 Å². The number of amides is 1. The first kappa shape index (κ1) is 21.2. The Hall–Kier alpha value is -3.07. The molecule has 0 saturated carbocycles. The van der Waals surface area contributed by atoms with Gasteiger partial charge in [-0.3, -0.25) is 19.0 Å². The van der Waals surface area contributed by atoms with Crippen molar-refractivity contribution in [1.82, 2.24) is 9.55 Å². The molecular formula is C22H22FN3O4S. The molecule has 2 heterocycles. The second-order valence-corrected chi connectivity index (χ2v) is 8.57. The number of aromatic nitrogens is 2. The maximum Gasteiger partial charge on any atom is 0.308 e. The number of nitrogens with one attached hydrogen (secondary N) is 1. The molecule has 1 aliphatic carbocycles. The Balaban J connectivity index is 1.38. The summed E-state index contributed by atoms with van der Waals surface area (Å²) in [7, 11) is 0. The van der Waals surface area contributed by atoms with Gasteiger partial charge in [0.15, 0.2) is 6.10 Å². The van der Waals surface area contributed by atoms with Crippen molar-refractivity contribution >= 4 is 39.1 Å². The molecule has 1 aliphatic rings. The van der Waals surface area contributed by atoms with Crippen LogP contribution in [0.5, 0.6) is 0 Å². The van der Waals surface area contributed by atoms with Gasteiger partial charge < -0.3 is 10.1 Å². The van der Waals surface area contributed by atoms with Crippen LogP contribution in [0.4, 0.5) is 10.1 Å². The lowest BCUT2D eigenvalue weighted by Gasteiger charge is -2.14. The highest BCUT2D eigenvalue weighted by Gasteiger charge is 2.21. The Kier molecular flexibility index (Phi) is 6.13. The van der Waals surface area contributed by atoms with E-state index in [2.05, 4.69) is 10.3 Å². The van der Waals surface area contributed by atoms with Crippen LogP contribution in [0.1, 0.15) is 36.6 Å². The summed E-state index contributed by atoms with van der Waals surface area (Å²) in [6.07, 6.45) is 4.31. The number of carbonyl (C=O) groups excluding carboxylic acids is 2. The molecular weight excluding hydrogens is 421 g/mol. The van der Waals surface area contributed by atoms with Gasteiger partial charge in [0, 0.05) is 11.4 Å². The maximum absolute atomic E-state index is 13.7. The van der Waals surface area contributed by atoms with Crippen LogP contribution >= 0.6 is 11.3 Å². The second-order valence-electron chi connectivity index (χ2n) is 7.49. The number of carbonyl (C=O) groups is 2. The minimum Gasteiger partial charge on any atom is -0.452 e. The van der Waals surface area contributed by atoms with E-state index in [0.717, 1.165) is 36.1 Å². The van der Waals surface area contributed by atoms with Gasteiger partial charge in [0.25, 0.3) is 11.5 Å². The average Bonchev–Trinajstić information content (AvgIpc) is 3.14. The maximum atomic E-state index is 13.7. The molecule has 0 bridgehead atoms. The number of aryl methyl sites for hydroxylation is 3. The van der Waals surface area contributed by atoms with Crippen LogP contribution in [-0.2, 0) is 33.7 Å². The fourth-order valence-electron chi connectivity index (χ4n) is 3.66. The summed E-state index contributed by atoms with van der Waals surface area (Å²) in [6.45, 7) is 1.51. The van der Waals surface area contributed by atoms with Crippen molar-refractivity contribution in [2.24, 2.45) is 0 Å². The van der Waals surface area contributed by atoms with Gasteiger partial charge in [-0.25, -0.2) is 9.37 Å². The zero-order valence-corrected chi connectivity index (χ0v) is 17.8. The normalized spacial score (nSPS) is 14.1. The molecule has 9 heteroatoms. The fourth-order valence-corrected chi connectivity index (χ4v) is 4.88. The van der Waals surface area contributed by atoms with Crippen molar-refractivity contribution in [2.75, 3.05) is 5.32 Å². The fraction of sp³-hybridized carbons (Fsp3) is 0.364. The molecule has 0 radical (unpaired) electrons. The highest BCUT2D eigenvalue weighted by Crippen LogP contribution is 2.33. The Morgan fingerprint density at radius 2 is 2.06 bits per heavy atom. The standard InChI is InChI=1S/C22H22FN3O4S/c1-13(20(28)25-16-8-4-3-7-15(16)23)30-18(27)10-11-26-12-24-21-19(22(26)29)14-6-2-5-9-17(14)31-21/h3-4,7-8,12-13H,2,5-6,9-11H2,1H3,(H,25,28). The molecule has 4 rings (SSSR count). The van der Waals surface area contributed by atoms with Gasteiger partial charge >= 0.3 is 5.97 Å². The lowest BCUT2D eigenvalue weighted by molar-refractivity contribution is -0.153. The Morgan fingerprint density at radius 3 is 2.87 bits per heavy atom. The zero-order chi connectivity index (χ0) is 22.0. The van der Waals surface area contributed by atoms with E-state index >= 15 is 0 Å². The molecule has 0 aliphatic heterocycles. The number of para-hydroxylation sites is 1. The van der Waals surface area contributed by atoms with Crippen LogP contribution in [0.2, 0.25) is 0 Å². The molecule has 1 unspecified atom stereocenters. The summed E-state index contributed by atoms with van der Waals surface area (Å²) in [5.41, 5.74) is 0.960. The van der Waals surface area contributed by atoms with E-state index in [1.54, 1.807) is 17.4 Å². The number of nitrogens with zero attached hydrogens (tertiary/aromatic N) is 2. The Morgan fingerprint density at radius 1 is 1.29 bits per heavy atom. The van der Waals surface area contributed by atoms with E-state index in [1.807, 2.05) is 0 Å². The molecule has 1 N–H and O–H groups in total. The van der Waals surface area contributed by atoms with E-state index in [4.69, 9.17) is 4.74 Å². The molecule has 1 amide bonds. The summed E-state index contributed by atoms with van der Waals surface area (Å²) >= 11 is 1.57. The first-order valence-electron chi connectivity index (χ1n) is 10.2. The number of hydrogen-bond acceptors (Lipinski definition) is 6. The Labute approximate surface area is 181 Å². The van der Waals surface area contributed by atoms with Gasteiger partial charge in [-0.1, -0.05) is 12.1 Å². The van der Waals surface area contributed by atoms with E-state index < -0.39 is 23.8 Å². The van der Waals surface area contributed by atoms with E-state index in [1.165, 1.54) is 40.9 Å². The third-order valence-electron chi connectivity index (χ3n) is 5.31. The Bertz CT molecular complexity index is 1200. The van der Waals surface area contributed by atoms with Crippen molar-refractivity contribution in [3.63, 3.8) is 0 Å². The summed E-state index contributed by atoms with van der Waals surface area (Å²) in [4.78, 5) is 43.7. The SMILES string of the molecule is CC(OC(=O)CCn1cnc2sc3c(c2c1=O)CCCC3)C(=O)Nc1ccccc1F. The van der Waals surface area contributed by atoms with Gasteiger partial charge in [-0.2, -0.15) is 0 Å². The quantitative estimate of drug-likeness (QED) is 0.590. The number of rotatable bonds is 6. The largest absolute Gasteiger partial charge is 0.452 e. The zero-order valence-electron chi connectivity index (χ0n) is 17.0. The second kappa shape index (κ2) is 8.97. The predicted molar refractivity (Wildman–Crippen MR) is 116 cm³/mol. The number of anilines is 1. The molecule has 0 spiro atoms. The summed E-state index contributed by atoms with van der Waals surface area (Å²) in [5.74, 6) is -1.84. The highest BCUT2D eigenvalue weighted by molar-refractivity contribution is 7.18. The number of benzene rings is 1. The minimum atomic E-state index is -1.10.